The van der Waals surface area contributed by atoms with Crippen molar-refractivity contribution in [3.05, 3.63) is 78.8 Å². The molecule has 2 aromatic carbocycles. The van der Waals surface area contributed by atoms with Crippen LogP contribution in [0.4, 0.5) is 11.4 Å². The fourth-order valence-corrected chi connectivity index (χ4v) is 2.01. The summed E-state index contributed by atoms with van der Waals surface area (Å²) >= 11 is 3.13. The third-order valence-electron chi connectivity index (χ3n) is 2.64. The highest BCUT2D eigenvalue weighted by Gasteiger charge is 2.19. The molecule has 0 aromatic heterocycles. The van der Waals surface area contributed by atoms with Gasteiger partial charge in [0.05, 0.1) is 15.6 Å². The first kappa shape index (κ1) is 15.6. The molecular formula is C13H9BrN4O4. The third kappa shape index (κ3) is 3.64. The number of nitro groups is 2. The summed E-state index contributed by atoms with van der Waals surface area (Å²) in [7, 11) is 0. The molecule has 22 heavy (non-hydrogen) atoms. The lowest BCUT2D eigenvalue weighted by molar-refractivity contribution is -0.384. The Bertz CT molecular complexity index is 749. The number of nitrogens with one attached hydrogen (secondary N) is 1. The lowest BCUT2D eigenvalue weighted by atomic mass is 10.2. The van der Waals surface area contributed by atoms with Gasteiger partial charge in [-0.05, 0) is 29.2 Å². The summed E-state index contributed by atoms with van der Waals surface area (Å²) in [6.45, 7) is 0. The highest BCUT2D eigenvalue weighted by molar-refractivity contribution is 9.10. The summed E-state index contributed by atoms with van der Waals surface area (Å²) in [5.74, 6) is -0.433. The minimum Gasteiger partial charge on any atom is -0.358 e. The van der Waals surface area contributed by atoms with E-state index in [1.54, 1.807) is 24.3 Å². The third-order valence-corrected chi connectivity index (χ3v) is 3.14. The fourth-order valence-electron chi connectivity index (χ4n) is 1.66. The van der Waals surface area contributed by atoms with E-state index in [0.717, 1.165) is 0 Å². The Kier molecular flexibility index (Phi) is 4.79. The Morgan fingerprint density at radius 2 is 1.77 bits per heavy atom. The molecule has 9 heteroatoms. The van der Waals surface area contributed by atoms with E-state index in [4.69, 9.17) is 0 Å². The normalized spacial score (nSPS) is 11.0. The zero-order valence-corrected chi connectivity index (χ0v) is 12.6. The van der Waals surface area contributed by atoms with Crippen molar-refractivity contribution in [3.63, 3.8) is 0 Å². The van der Waals surface area contributed by atoms with Gasteiger partial charge in [0, 0.05) is 10.5 Å². The molecule has 112 valence electrons. The molecule has 1 N–H and O–H groups in total. The second kappa shape index (κ2) is 6.76. The number of anilines is 1. The largest absolute Gasteiger partial charge is 0.395 e. The number of amidine groups is 1. The molecule has 0 bridgehead atoms. The molecule has 0 atom stereocenters. The van der Waals surface area contributed by atoms with Crippen molar-refractivity contribution in [1.82, 2.24) is 0 Å². The standard InChI is InChI=1S/C13H9BrN4O4/c14-10-6-7-11(12(8-10)17(19)20)15-16-13(18(21)22)9-4-2-1-3-5-9/h1-8,15H/b16-13-. The lowest BCUT2D eigenvalue weighted by Gasteiger charge is -2.01. The number of nitrogens with zero attached hydrogens (tertiary/aromatic N) is 3. The molecule has 8 nitrogen and oxygen atoms in total. The van der Waals surface area contributed by atoms with E-state index >= 15 is 0 Å². The van der Waals surface area contributed by atoms with Crippen LogP contribution in [0.5, 0.6) is 0 Å². The first-order chi connectivity index (χ1) is 10.5. The summed E-state index contributed by atoms with van der Waals surface area (Å²) in [6, 6.07) is 12.3. The Labute approximate surface area is 132 Å². The van der Waals surface area contributed by atoms with Crippen LogP contribution in [0.15, 0.2) is 58.1 Å². The zero-order chi connectivity index (χ0) is 16.1. The molecule has 0 saturated heterocycles. The van der Waals surface area contributed by atoms with Crippen LogP contribution in [0, 0.1) is 20.2 Å². The number of hydrogen-bond donors (Lipinski definition) is 1. The molecule has 0 aliphatic heterocycles. The number of hydrogen-bond acceptors (Lipinski definition) is 6. The summed E-state index contributed by atoms with van der Waals surface area (Å²) < 4.78 is 0.520. The van der Waals surface area contributed by atoms with Crippen molar-refractivity contribution in [2.24, 2.45) is 5.10 Å². The van der Waals surface area contributed by atoms with Crippen molar-refractivity contribution in [2.75, 3.05) is 5.43 Å². The van der Waals surface area contributed by atoms with Crippen molar-refractivity contribution in [3.8, 4) is 0 Å². The van der Waals surface area contributed by atoms with Crippen LogP contribution < -0.4 is 5.43 Å². The van der Waals surface area contributed by atoms with Gasteiger partial charge in [0.2, 0.25) is 0 Å². The Morgan fingerprint density at radius 1 is 1.09 bits per heavy atom. The van der Waals surface area contributed by atoms with Gasteiger partial charge in [0.15, 0.2) is 5.69 Å². The molecule has 0 radical (unpaired) electrons. The van der Waals surface area contributed by atoms with Gasteiger partial charge in [-0.1, -0.05) is 34.1 Å². The van der Waals surface area contributed by atoms with Crippen LogP contribution in [0.2, 0.25) is 0 Å². The zero-order valence-electron chi connectivity index (χ0n) is 11.0. The van der Waals surface area contributed by atoms with Crippen molar-refractivity contribution >= 4 is 33.1 Å². The van der Waals surface area contributed by atoms with Gasteiger partial charge in [-0.15, -0.1) is 0 Å². The monoisotopic (exact) mass is 364 g/mol. The minimum atomic E-state index is -0.660. The van der Waals surface area contributed by atoms with E-state index < -0.39 is 15.7 Å². The average molecular weight is 365 g/mol. The summed E-state index contributed by atoms with van der Waals surface area (Å²) in [5, 5.41) is 25.8. The number of halogens is 1. The van der Waals surface area contributed by atoms with Gasteiger partial charge < -0.3 is 10.1 Å². The molecule has 0 saturated carbocycles. The van der Waals surface area contributed by atoms with Gasteiger partial charge in [-0.3, -0.25) is 10.1 Å². The molecule has 0 fully saturated rings. The maximum absolute atomic E-state index is 11.1. The van der Waals surface area contributed by atoms with Gasteiger partial charge in [0.25, 0.3) is 5.69 Å². The highest BCUT2D eigenvalue weighted by atomic mass is 79.9. The molecular weight excluding hydrogens is 356 g/mol. The number of rotatable bonds is 4. The first-order valence-corrected chi connectivity index (χ1v) is 6.76. The van der Waals surface area contributed by atoms with Crippen LogP contribution in [-0.2, 0) is 0 Å². The van der Waals surface area contributed by atoms with E-state index in [1.807, 2.05) is 0 Å². The topological polar surface area (TPSA) is 111 Å². The second-order valence-electron chi connectivity index (χ2n) is 4.09. The van der Waals surface area contributed by atoms with E-state index in [9.17, 15) is 20.2 Å². The summed E-state index contributed by atoms with van der Waals surface area (Å²) in [4.78, 5) is 20.8. The van der Waals surface area contributed by atoms with E-state index in [0.29, 0.717) is 10.0 Å². The van der Waals surface area contributed by atoms with Gasteiger partial charge >= 0.3 is 5.84 Å². The van der Waals surface area contributed by atoms with Gasteiger partial charge in [-0.25, -0.2) is 0 Å². The molecule has 2 aromatic rings. The van der Waals surface area contributed by atoms with Crippen LogP contribution in [0.3, 0.4) is 0 Å². The quantitative estimate of drug-likeness (QED) is 0.386. The maximum atomic E-state index is 11.1. The second-order valence-corrected chi connectivity index (χ2v) is 5.00. The lowest BCUT2D eigenvalue weighted by Crippen LogP contribution is -2.15. The Balaban J connectivity index is 2.37. The van der Waals surface area contributed by atoms with Crippen molar-refractivity contribution in [1.29, 1.82) is 0 Å². The first-order valence-electron chi connectivity index (χ1n) is 5.96. The molecule has 0 aliphatic rings. The highest BCUT2D eigenvalue weighted by Crippen LogP contribution is 2.28. The van der Waals surface area contributed by atoms with Gasteiger partial charge in [0.1, 0.15) is 0 Å². The SMILES string of the molecule is O=[N+]([O-])/C(=N\Nc1ccc(Br)cc1[N+](=O)[O-])c1ccccc1. The average Bonchev–Trinajstić information content (AvgIpc) is 2.49. The van der Waals surface area contributed by atoms with Crippen LogP contribution in [-0.4, -0.2) is 15.7 Å². The van der Waals surface area contributed by atoms with Crippen LogP contribution >= 0.6 is 15.9 Å². The molecule has 0 unspecified atom stereocenters. The molecule has 0 aliphatic carbocycles. The van der Waals surface area contributed by atoms with Crippen LogP contribution in [0.25, 0.3) is 0 Å². The van der Waals surface area contributed by atoms with Crippen LogP contribution in [0.1, 0.15) is 5.56 Å². The minimum absolute atomic E-state index is 0.0588. The smallest absolute Gasteiger partial charge is 0.358 e. The number of hydrazone groups is 1. The molecule has 0 heterocycles. The number of nitro benzene ring substituents is 1. The van der Waals surface area contributed by atoms with E-state index in [-0.39, 0.29) is 11.4 Å². The molecule has 2 rings (SSSR count). The fraction of sp³-hybridized carbons (Fsp3) is 0. The molecule has 0 spiro atoms. The number of benzene rings is 2. The van der Waals surface area contributed by atoms with Crippen molar-refractivity contribution in [2.45, 2.75) is 0 Å². The summed E-state index contributed by atoms with van der Waals surface area (Å²) in [6.07, 6.45) is 0. The van der Waals surface area contributed by atoms with Crippen molar-refractivity contribution < 1.29 is 9.85 Å². The maximum Gasteiger partial charge on any atom is 0.395 e. The van der Waals surface area contributed by atoms with E-state index in [2.05, 4.69) is 26.5 Å². The predicted octanol–water partition coefficient (Wildman–Crippen LogP) is 3.41. The summed E-state index contributed by atoms with van der Waals surface area (Å²) in [5.41, 5.74) is 2.49. The van der Waals surface area contributed by atoms with E-state index in [1.165, 1.54) is 24.3 Å². The Morgan fingerprint density at radius 3 is 2.36 bits per heavy atom. The van der Waals surface area contributed by atoms with Gasteiger partial charge in [-0.2, -0.15) is 5.43 Å². The Hall–Kier alpha value is -2.81. The molecule has 0 amide bonds. The predicted molar refractivity (Wildman–Crippen MR) is 84.4 cm³/mol.